The SMILES string of the molecule is CN1CCCN(c2nc3c(s2)CCCC3N)CC1. The van der Waals surface area contributed by atoms with Crippen LogP contribution >= 0.6 is 11.3 Å². The summed E-state index contributed by atoms with van der Waals surface area (Å²) in [6, 6.07) is 0.174. The molecule has 1 atom stereocenters. The van der Waals surface area contributed by atoms with E-state index in [0.717, 1.165) is 26.1 Å². The van der Waals surface area contributed by atoms with Gasteiger partial charge < -0.3 is 15.5 Å². The average molecular weight is 266 g/mol. The molecule has 100 valence electrons. The summed E-state index contributed by atoms with van der Waals surface area (Å²) in [6.45, 7) is 4.56. The Balaban J connectivity index is 1.79. The molecule has 1 unspecified atom stereocenters. The molecular formula is C13H22N4S. The Morgan fingerprint density at radius 3 is 2.94 bits per heavy atom. The van der Waals surface area contributed by atoms with Crippen molar-refractivity contribution in [3.8, 4) is 0 Å². The smallest absolute Gasteiger partial charge is 0.185 e. The van der Waals surface area contributed by atoms with Gasteiger partial charge in [0.2, 0.25) is 0 Å². The molecule has 1 aromatic heterocycles. The van der Waals surface area contributed by atoms with E-state index in [1.54, 1.807) is 0 Å². The van der Waals surface area contributed by atoms with E-state index in [1.807, 2.05) is 11.3 Å². The van der Waals surface area contributed by atoms with Gasteiger partial charge in [-0.2, -0.15) is 0 Å². The Kier molecular flexibility index (Phi) is 3.54. The number of hydrogen-bond donors (Lipinski definition) is 1. The maximum atomic E-state index is 6.16. The van der Waals surface area contributed by atoms with E-state index < -0.39 is 0 Å². The third-order valence-corrected chi connectivity index (χ3v) is 5.17. The molecule has 0 radical (unpaired) electrons. The lowest BCUT2D eigenvalue weighted by Crippen LogP contribution is -2.28. The summed E-state index contributed by atoms with van der Waals surface area (Å²) in [6.07, 6.45) is 4.72. The molecule has 1 fully saturated rings. The standard InChI is InChI=1S/C13H22N4S/c1-16-6-3-7-17(9-8-16)13-15-12-10(14)4-2-5-11(12)18-13/h10H,2-9,14H2,1H3. The predicted octanol–water partition coefficient (Wildman–Crippen LogP) is 1.62. The number of anilines is 1. The highest BCUT2D eigenvalue weighted by Gasteiger charge is 2.24. The van der Waals surface area contributed by atoms with E-state index >= 15 is 0 Å². The third-order valence-electron chi connectivity index (χ3n) is 3.98. The van der Waals surface area contributed by atoms with Crippen LogP contribution in [0.15, 0.2) is 0 Å². The molecule has 0 saturated carbocycles. The van der Waals surface area contributed by atoms with Crippen molar-refractivity contribution >= 4 is 16.5 Å². The van der Waals surface area contributed by atoms with Crippen LogP contribution in [0.4, 0.5) is 5.13 Å². The molecule has 3 rings (SSSR count). The van der Waals surface area contributed by atoms with Gasteiger partial charge in [-0.05, 0) is 39.3 Å². The Hall–Kier alpha value is -0.650. The average Bonchev–Trinajstić information content (AvgIpc) is 2.67. The maximum Gasteiger partial charge on any atom is 0.185 e. The summed E-state index contributed by atoms with van der Waals surface area (Å²) in [5.41, 5.74) is 7.34. The number of rotatable bonds is 1. The summed E-state index contributed by atoms with van der Waals surface area (Å²) in [4.78, 5) is 11.1. The van der Waals surface area contributed by atoms with E-state index in [9.17, 15) is 0 Å². The number of likely N-dealkylation sites (N-methyl/N-ethyl adjacent to an activating group) is 1. The predicted molar refractivity (Wildman–Crippen MR) is 76.3 cm³/mol. The van der Waals surface area contributed by atoms with Gasteiger partial charge in [0.05, 0.1) is 5.69 Å². The molecule has 1 aliphatic heterocycles. The van der Waals surface area contributed by atoms with Crippen LogP contribution in [0.25, 0.3) is 0 Å². The normalized spacial score (nSPS) is 25.9. The van der Waals surface area contributed by atoms with E-state index in [4.69, 9.17) is 10.7 Å². The molecular weight excluding hydrogens is 244 g/mol. The quantitative estimate of drug-likeness (QED) is 0.839. The second kappa shape index (κ2) is 5.15. The van der Waals surface area contributed by atoms with Crippen LogP contribution in [0.5, 0.6) is 0 Å². The summed E-state index contributed by atoms with van der Waals surface area (Å²) in [7, 11) is 2.20. The zero-order chi connectivity index (χ0) is 12.5. The van der Waals surface area contributed by atoms with Crippen molar-refractivity contribution < 1.29 is 0 Å². The molecule has 0 bridgehead atoms. The van der Waals surface area contributed by atoms with Crippen LogP contribution in [-0.4, -0.2) is 43.1 Å². The number of thiazole rings is 1. The first-order chi connectivity index (χ1) is 8.74. The van der Waals surface area contributed by atoms with E-state index in [2.05, 4.69) is 16.8 Å². The zero-order valence-corrected chi connectivity index (χ0v) is 11.9. The fourth-order valence-electron chi connectivity index (χ4n) is 2.81. The van der Waals surface area contributed by atoms with Gasteiger partial charge in [0.1, 0.15) is 0 Å². The summed E-state index contributed by atoms with van der Waals surface area (Å²) < 4.78 is 0. The minimum atomic E-state index is 0.174. The molecule has 0 aromatic carbocycles. The van der Waals surface area contributed by atoms with Crippen molar-refractivity contribution in [3.63, 3.8) is 0 Å². The van der Waals surface area contributed by atoms with Crippen LogP contribution in [0, 0.1) is 0 Å². The molecule has 0 spiro atoms. The van der Waals surface area contributed by atoms with Gasteiger partial charge in [0, 0.05) is 30.6 Å². The van der Waals surface area contributed by atoms with Crippen LogP contribution in [-0.2, 0) is 6.42 Å². The Morgan fingerprint density at radius 1 is 1.22 bits per heavy atom. The van der Waals surface area contributed by atoms with Crippen molar-refractivity contribution in [1.29, 1.82) is 0 Å². The highest BCUT2D eigenvalue weighted by atomic mass is 32.1. The van der Waals surface area contributed by atoms with E-state index in [1.165, 1.54) is 41.5 Å². The van der Waals surface area contributed by atoms with Gasteiger partial charge in [-0.3, -0.25) is 0 Å². The molecule has 1 aromatic rings. The molecule has 18 heavy (non-hydrogen) atoms. The fourth-order valence-corrected chi connectivity index (χ4v) is 4.04. The van der Waals surface area contributed by atoms with Crippen molar-refractivity contribution in [2.75, 3.05) is 38.1 Å². The van der Waals surface area contributed by atoms with Gasteiger partial charge in [-0.25, -0.2) is 4.98 Å². The summed E-state index contributed by atoms with van der Waals surface area (Å²) in [5, 5.41) is 1.20. The lowest BCUT2D eigenvalue weighted by molar-refractivity contribution is 0.360. The zero-order valence-electron chi connectivity index (χ0n) is 11.1. The lowest BCUT2D eigenvalue weighted by atomic mass is 9.99. The molecule has 4 nitrogen and oxygen atoms in total. The summed E-state index contributed by atoms with van der Waals surface area (Å²) in [5.74, 6) is 0. The van der Waals surface area contributed by atoms with Gasteiger partial charge in [-0.1, -0.05) is 0 Å². The lowest BCUT2D eigenvalue weighted by Gasteiger charge is -2.19. The van der Waals surface area contributed by atoms with Crippen molar-refractivity contribution in [2.45, 2.75) is 31.7 Å². The number of aromatic nitrogens is 1. The number of nitrogens with zero attached hydrogens (tertiary/aromatic N) is 3. The number of hydrogen-bond acceptors (Lipinski definition) is 5. The highest BCUT2D eigenvalue weighted by molar-refractivity contribution is 7.15. The Morgan fingerprint density at radius 2 is 2.11 bits per heavy atom. The number of nitrogens with two attached hydrogens (primary N) is 1. The molecule has 5 heteroatoms. The topological polar surface area (TPSA) is 45.4 Å². The van der Waals surface area contributed by atoms with Gasteiger partial charge in [0.25, 0.3) is 0 Å². The second-order valence-electron chi connectivity index (χ2n) is 5.45. The van der Waals surface area contributed by atoms with E-state index in [0.29, 0.717) is 0 Å². The fraction of sp³-hybridized carbons (Fsp3) is 0.769. The maximum absolute atomic E-state index is 6.16. The largest absolute Gasteiger partial charge is 0.347 e. The molecule has 0 amide bonds. The first-order valence-electron chi connectivity index (χ1n) is 6.93. The van der Waals surface area contributed by atoms with Crippen LogP contribution in [0.3, 0.4) is 0 Å². The molecule has 1 aliphatic carbocycles. The monoisotopic (exact) mass is 266 g/mol. The second-order valence-corrected chi connectivity index (χ2v) is 6.51. The minimum Gasteiger partial charge on any atom is -0.347 e. The molecule has 2 aliphatic rings. The molecule has 2 heterocycles. The Labute approximate surface area is 113 Å². The van der Waals surface area contributed by atoms with Crippen molar-refractivity contribution in [3.05, 3.63) is 10.6 Å². The van der Waals surface area contributed by atoms with Gasteiger partial charge in [-0.15, -0.1) is 11.3 Å². The molecule has 2 N–H and O–H groups in total. The van der Waals surface area contributed by atoms with Crippen LogP contribution < -0.4 is 10.6 Å². The van der Waals surface area contributed by atoms with Crippen molar-refractivity contribution in [2.24, 2.45) is 5.73 Å². The number of aryl methyl sites for hydroxylation is 1. The minimum absolute atomic E-state index is 0.174. The van der Waals surface area contributed by atoms with Gasteiger partial charge in [0.15, 0.2) is 5.13 Å². The first-order valence-corrected chi connectivity index (χ1v) is 7.74. The van der Waals surface area contributed by atoms with Crippen LogP contribution in [0.1, 0.15) is 35.9 Å². The first kappa shape index (κ1) is 12.4. The van der Waals surface area contributed by atoms with Crippen LogP contribution in [0.2, 0.25) is 0 Å². The summed E-state index contributed by atoms with van der Waals surface area (Å²) >= 11 is 1.87. The Bertz CT molecular complexity index is 417. The highest BCUT2D eigenvalue weighted by Crippen LogP contribution is 2.35. The van der Waals surface area contributed by atoms with Crippen molar-refractivity contribution in [1.82, 2.24) is 9.88 Å². The third kappa shape index (κ3) is 2.39. The molecule has 1 saturated heterocycles. The number of fused-ring (bicyclic) bond motifs is 1. The van der Waals surface area contributed by atoms with E-state index in [-0.39, 0.29) is 6.04 Å². The van der Waals surface area contributed by atoms with Gasteiger partial charge >= 0.3 is 0 Å².